The van der Waals surface area contributed by atoms with Crippen LogP contribution in [-0.4, -0.2) is 12.6 Å². The Hall–Kier alpha value is -1.21. The number of carboxylic acids is 1. The van der Waals surface area contributed by atoms with Gasteiger partial charge in [-0.3, -0.25) is 0 Å². The van der Waals surface area contributed by atoms with Crippen molar-refractivity contribution in [3.63, 3.8) is 0 Å². The second-order valence-corrected chi connectivity index (χ2v) is 7.67. The molecule has 0 amide bonds. The van der Waals surface area contributed by atoms with Gasteiger partial charge in [0.2, 0.25) is 0 Å². The van der Waals surface area contributed by atoms with Gasteiger partial charge in [-0.1, -0.05) is 37.0 Å². The minimum absolute atomic E-state index is 0. The van der Waals surface area contributed by atoms with Crippen LogP contribution in [0.25, 0.3) is 0 Å². The molecule has 3 nitrogen and oxygen atoms in total. The zero-order valence-corrected chi connectivity index (χ0v) is 18.6. The average Bonchev–Trinajstić information content (AvgIpc) is 3.07. The Bertz CT molecular complexity index is 718. The Kier molecular flexibility index (Phi) is 8.48. The van der Waals surface area contributed by atoms with E-state index in [0.717, 1.165) is 11.3 Å². The van der Waals surface area contributed by atoms with E-state index in [1.165, 1.54) is 50.5 Å². The molecule has 1 aromatic carbocycles. The van der Waals surface area contributed by atoms with Crippen LogP contribution in [0, 0.1) is 17.3 Å². The Morgan fingerprint density at radius 3 is 2.56 bits per heavy atom. The molecule has 0 radical (unpaired) electrons. The van der Waals surface area contributed by atoms with E-state index in [-0.39, 0.29) is 41.9 Å². The summed E-state index contributed by atoms with van der Waals surface area (Å²) in [5, 5.41) is 10.9. The van der Waals surface area contributed by atoms with Crippen LogP contribution < -0.4 is 39.4 Å². The summed E-state index contributed by atoms with van der Waals surface area (Å²) < 4.78 is 5.99. The van der Waals surface area contributed by atoms with E-state index in [4.69, 9.17) is 4.74 Å². The summed E-state index contributed by atoms with van der Waals surface area (Å²) in [6, 6.07) is 7.62. The van der Waals surface area contributed by atoms with Crippen LogP contribution in [0.4, 0.5) is 0 Å². The number of carbonyl (C=O) groups excluding carboxylic acids is 1. The van der Waals surface area contributed by atoms with Gasteiger partial charge in [-0.15, -0.1) is 5.92 Å². The van der Waals surface area contributed by atoms with Crippen LogP contribution in [0.3, 0.4) is 0 Å². The molecule has 0 aromatic heterocycles. The first-order valence-electron chi connectivity index (χ1n) is 9.63. The molecule has 1 saturated carbocycles. The zero-order valence-electron chi connectivity index (χ0n) is 16.6. The summed E-state index contributed by atoms with van der Waals surface area (Å²) in [4.78, 5) is 10.9. The molecule has 0 N–H and O–H groups in total. The van der Waals surface area contributed by atoms with Crippen molar-refractivity contribution in [1.82, 2.24) is 0 Å². The average molecular weight is 374 g/mol. The van der Waals surface area contributed by atoms with Gasteiger partial charge >= 0.3 is 29.6 Å². The van der Waals surface area contributed by atoms with Crippen LogP contribution >= 0.6 is 0 Å². The van der Waals surface area contributed by atoms with E-state index in [1.807, 2.05) is 24.3 Å². The van der Waals surface area contributed by atoms with Gasteiger partial charge in [0, 0.05) is 12.4 Å². The molecular formula is C23H27NaO3. The summed E-state index contributed by atoms with van der Waals surface area (Å²) in [5.41, 5.74) is 2.86. The van der Waals surface area contributed by atoms with Gasteiger partial charge in [0.1, 0.15) is 12.4 Å². The molecule has 27 heavy (non-hydrogen) atoms. The van der Waals surface area contributed by atoms with Gasteiger partial charge < -0.3 is 14.6 Å². The molecule has 0 aliphatic heterocycles. The van der Waals surface area contributed by atoms with Crippen molar-refractivity contribution in [2.24, 2.45) is 5.41 Å². The number of benzene rings is 1. The predicted octanol–water partition coefficient (Wildman–Crippen LogP) is 0.987. The van der Waals surface area contributed by atoms with Gasteiger partial charge in [0.05, 0.1) is 5.92 Å². The molecule has 1 aromatic rings. The first-order valence-corrected chi connectivity index (χ1v) is 9.63. The third kappa shape index (κ3) is 6.14. The molecule has 0 saturated heterocycles. The maximum atomic E-state index is 10.9. The molecule has 1 fully saturated rings. The Morgan fingerprint density at radius 1 is 1.22 bits per heavy atom. The number of rotatable bonds is 6. The van der Waals surface area contributed by atoms with Crippen molar-refractivity contribution in [2.45, 2.75) is 64.2 Å². The van der Waals surface area contributed by atoms with E-state index >= 15 is 0 Å². The number of carboxylic acid groups (broad SMARTS) is 1. The van der Waals surface area contributed by atoms with E-state index in [2.05, 4.69) is 17.9 Å². The fourth-order valence-corrected chi connectivity index (χ4v) is 4.45. The second-order valence-electron chi connectivity index (χ2n) is 7.67. The molecule has 0 unspecified atom stereocenters. The van der Waals surface area contributed by atoms with Gasteiger partial charge in [-0.05, 0) is 67.7 Å². The SMILES string of the molecule is CC#C[C@@H](CC(=O)[O-])c1ccc(OCC2=CCCC3(CCCC3)C2)cc1.[Na+]. The molecule has 1 atom stereocenters. The standard InChI is InChI=1S/C23H28O3.Na/c1-2-6-20(15-22(24)25)19-8-10-21(11-9-19)26-17-18-7-5-14-23(16-18)12-3-4-13-23;/h7-11,20H,3-5,12-17H2,1H3,(H,24,25);/q;+1/p-1/t20-;/m0./s1. The minimum Gasteiger partial charge on any atom is -0.550 e. The number of ether oxygens (including phenoxy) is 1. The van der Waals surface area contributed by atoms with Crippen LogP contribution in [0.2, 0.25) is 0 Å². The molecule has 0 heterocycles. The maximum absolute atomic E-state index is 10.9. The van der Waals surface area contributed by atoms with Crippen molar-refractivity contribution in [3.8, 4) is 17.6 Å². The van der Waals surface area contributed by atoms with Crippen molar-refractivity contribution < 1.29 is 44.2 Å². The summed E-state index contributed by atoms with van der Waals surface area (Å²) in [5.74, 6) is 5.14. The molecular weight excluding hydrogens is 347 g/mol. The summed E-state index contributed by atoms with van der Waals surface area (Å²) in [6.45, 7) is 2.37. The molecule has 138 valence electrons. The quantitative estimate of drug-likeness (QED) is 0.424. The van der Waals surface area contributed by atoms with Gasteiger partial charge in [0.25, 0.3) is 0 Å². The maximum Gasteiger partial charge on any atom is 1.00 e. The number of aliphatic carboxylic acids is 1. The molecule has 1 spiro atoms. The van der Waals surface area contributed by atoms with Gasteiger partial charge in [0.15, 0.2) is 0 Å². The van der Waals surface area contributed by atoms with Crippen LogP contribution in [0.5, 0.6) is 5.75 Å². The summed E-state index contributed by atoms with van der Waals surface area (Å²) in [7, 11) is 0. The van der Waals surface area contributed by atoms with Crippen LogP contribution in [0.1, 0.15) is 69.8 Å². The monoisotopic (exact) mass is 374 g/mol. The topological polar surface area (TPSA) is 49.4 Å². The number of carbonyl (C=O) groups is 1. The van der Waals surface area contributed by atoms with E-state index in [9.17, 15) is 9.90 Å². The van der Waals surface area contributed by atoms with E-state index < -0.39 is 5.97 Å². The zero-order chi connectivity index (χ0) is 18.4. The first kappa shape index (κ1) is 22.1. The van der Waals surface area contributed by atoms with Gasteiger partial charge in [-0.2, -0.15) is 0 Å². The Labute approximate surface area is 184 Å². The van der Waals surface area contributed by atoms with Crippen molar-refractivity contribution in [1.29, 1.82) is 0 Å². The van der Waals surface area contributed by atoms with Crippen molar-refractivity contribution >= 4 is 5.97 Å². The van der Waals surface area contributed by atoms with Crippen LogP contribution in [-0.2, 0) is 4.79 Å². The molecule has 2 aliphatic rings. The smallest absolute Gasteiger partial charge is 0.550 e. The third-order valence-corrected chi connectivity index (χ3v) is 5.77. The van der Waals surface area contributed by atoms with Crippen molar-refractivity contribution in [2.75, 3.05) is 6.61 Å². The molecule has 3 rings (SSSR count). The summed E-state index contributed by atoms with van der Waals surface area (Å²) in [6.07, 6.45) is 11.5. The first-order chi connectivity index (χ1) is 12.6. The van der Waals surface area contributed by atoms with E-state index in [0.29, 0.717) is 12.0 Å². The number of hydrogen-bond acceptors (Lipinski definition) is 3. The number of hydrogen-bond donors (Lipinski definition) is 0. The normalized spacial score (nSPS) is 18.6. The Morgan fingerprint density at radius 2 is 1.93 bits per heavy atom. The summed E-state index contributed by atoms with van der Waals surface area (Å²) >= 11 is 0. The molecule has 4 heteroatoms. The van der Waals surface area contributed by atoms with Crippen molar-refractivity contribution in [3.05, 3.63) is 41.5 Å². The predicted molar refractivity (Wildman–Crippen MR) is 101 cm³/mol. The van der Waals surface area contributed by atoms with Gasteiger partial charge in [-0.25, -0.2) is 0 Å². The largest absolute Gasteiger partial charge is 1.00 e. The minimum atomic E-state index is -1.08. The fraction of sp³-hybridized carbons (Fsp3) is 0.522. The molecule has 2 aliphatic carbocycles. The Balaban J connectivity index is 0.00000261. The fourth-order valence-electron chi connectivity index (χ4n) is 4.45. The second kappa shape index (κ2) is 10.4. The molecule has 0 bridgehead atoms. The van der Waals surface area contributed by atoms with Crippen LogP contribution in [0.15, 0.2) is 35.9 Å². The third-order valence-electron chi connectivity index (χ3n) is 5.77. The number of allylic oxidation sites excluding steroid dienone is 1. The van der Waals surface area contributed by atoms with E-state index in [1.54, 1.807) is 6.92 Å².